The number of rotatable bonds is 2. The summed E-state index contributed by atoms with van der Waals surface area (Å²) >= 11 is 0. The molecule has 3 rings (SSSR count). The number of aromatic nitrogens is 3. The van der Waals surface area contributed by atoms with Gasteiger partial charge < -0.3 is 0 Å². The molecule has 0 aliphatic heterocycles. The normalized spacial score (nSPS) is 11.8. The fourth-order valence-electron chi connectivity index (χ4n) is 2.04. The van der Waals surface area contributed by atoms with E-state index in [2.05, 4.69) is 4.98 Å². The summed E-state index contributed by atoms with van der Waals surface area (Å²) < 4.78 is 38.7. The van der Waals surface area contributed by atoms with Gasteiger partial charge >= 0.3 is 6.18 Å². The van der Waals surface area contributed by atoms with E-state index in [-0.39, 0.29) is 17.0 Å². The number of nitro benzene ring substituents is 1. The van der Waals surface area contributed by atoms with Crippen molar-refractivity contribution in [3.63, 3.8) is 0 Å². The first kappa shape index (κ1) is 14.8. The molecule has 0 saturated heterocycles. The van der Waals surface area contributed by atoms with Gasteiger partial charge in [0.05, 0.1) is 10.6 Å². The molecule has 2 aromatic heterocycles. The van der Waals surface area contributed by atoms with Crippen LogP contribution in [-0.4, -0.2) is 19.5 Å². The summed E-state index contributed by atoms with van der Waals surface area (Å²) in [6.45, 7) is 0. The van der Waals surface area contributed by atoms with Crippen LogP contribution < -0.4 is 5.56 Å². The third kappa shape index (κ3) is 2.65. The van der Waals surface area contributed by atoms with Crippen LogP contribution in [0.4, 0.5) is 18.9 Å². The fourth-order valence-corrected chi connectivity index (χ4v) is 2.04. The van der Waals surface area contributed by atoms with Crippen LogP contribution in [0, 0.1) is 10.1 Å². The van der Waals surface area contributed by atoms with E-state index in [1.54, 1.807) is 0 Å². The van der Waals surface area contributed by atoms with Crippen LogP contribution in [0.5, 0.6) is 0 Å². The lowest BCUT2D eigenvalue weighted by Gasteiger charge is -2.01. The van der Waals surface area contributed by atoms with Gasteiger partial charge in [-0.25, -0.2) is 9.50 Å². The smallest absolute Gasteiger partial charge is 0.285 e. The van der Waals surface area contributed by atoms with Gasteiger partial charge in [-0.05, 0) is 12.1 Å². The van der Waals surface area contributed by atoms with Crippen molar-refractivity contribution in [2.24, 2.45) is 0 Å². The third-order valence-electron chi connectivity index (χ3n) is 3.13. The van der Waals surface area contributed by atoms with Crippen LogP contribution in [0.25, 0.3) is 16.9 Å². The zero-order valence-electron chi connectivity index (χ0n) is 11.2. The van der Waals surface area contributed by atoms with Crippen molar-refractivity contribution in [3.05, 3.63) is 62.6 Å². The monoisotopic (exact) mass is 324 g/mol. The number of nitrogens with zero attached hydrogens (tertiary/aromatic N) is 3. The zero-order valence-corrected chi connectivity index (χ0v) is 11.2. The molecule has 23 heavy (non-hydrogen) atoms. The molecule has 118 valence electrons. The minimum absolute atomic E-state index is 0.123. The Hall–Kier alpha value is -3.17. The highest BCUT2D eigenvalue weighted by Crippen LogP contribution is 2.28. The lowest BCUT2D eigenvalue weighted by molar-refractivity contribution is -0.384. The Balaban J connectivity index is 2.12. The van der Waals surface area contributed by atoms with E-state index in [0.29, 0.717) is 10.1 Å². The van der Waals surface area contributed by atoms with Crippen molar-refractivity contribution in [1.82, 2.24) is 14.6 Å². The summed E-state index contributed by atoms with van der Waals surface area (Å²) in [4.78, 5) is 25.9. The van der Waals surface area contributed by atoms with Gasteiger partial charge in [-0.3, -0.25) is 20.0 Å². The average Bonchev–Trinajstić information content (AvgIpc) is 2.92. The second-order valence-electron chi connectivity index (χ2n) is 4.64. The van der Waals surface area contributed by atoms with E-state index < -0.39 is 22.4 Å². The summed E-state index contributed by atoms with van der Waals surface area (Å²) in [5.41, 5.74) is -1.66. The largest absolute Gasteiger partial charge is 0.432 e. The second-order valence-corrected chi connectivity index (χ2v) is 4.64. The standard InChI is InChI=1S/C13H7F3N4O3/c14-13(15,16)10-6-11-17-9(5-12(21)19(11)18-10)7-1-3-8(4-2-7)20(22)23/h1-6,18H. The van der Waals surface area contributed by atoms with Gasteiger partial charge in [0, 0.05) is 29.8 Å². The SMILES string of the molecule is O=c1cc(-c2ccc([N+](=O)[O-])cc2)nc2cc(C(F)(F)F)[nH]n12. The average molecular weight is 324 g/mol. The Labute approximate surface area is 125 Å². The molecule has 0 unspecified atom stereocenters. The molecule has 0 spiro atoms. The van der Waals surface area contributed by atoms with E-state index in [9.17, 15) is 28.1 Å². The van der Waals surface area contributed by atoms with Crippen molar-refractivity contribution in [3.8, 4) is 11.3 Å². The van der Waals surface area contributed by atoms with Crippen LogP contribution in [0.15, 0.2) is 41.2 Å². The number of halogens is 3. The molecule has 0 aliphatic carbocycles. The maximum absolute atomic E-state index is 12.7. The number of nitro groups is 1. The van der Waals surface area contributed by atoms with E-state index in [1.807, 2.05) is 5.10 Å². The summed E-state index contributed by atoms with van der Waals surface area (Å²) in [5, 5.41) is 12.5. The first-order chi connectivity index (χ1) is 10.8. The zero-order chi connectivity index (χ0) is 16.8. The Bertz CT molecular complexity index is 957. The van der Waals surface area contributed by atoms with Crippen LogP contribution in [0.2, 0.25) is 0 Å². The van der Waals surface area contributed by atoms with Crippen LogP contribution in [0.3, 0.4) is 0 Å². The molecule has 0 saturated carbocycles. The lowest BCUT2D eigenvalue weighted by Crippen LogP contribution is -2.15. The van der Waals surface area contributed by atoms with Crippen LogP contribution in [-0.2, 0) is 6.18 Å². The molecule has 10 heteroatoms. The van der Waals surface area contributed by atoms with Gasteiger partial charge in [-0.1, -0.05) is 0 Å². The first-order valence-electron chi connectivity index (χ1n) is 6.20. The maximum atomic E-state index is 12.7. The number of benzene rings is 1. The highest BCUT2D eigenvalue weighted by atomic mass is 19.4. The highest BCUT2D eigenvalue weighted by molar-refractivity contribution is 5.63. The number of nitrogens with one attached hydrogen (secondary N) is 1. The highest BCUT2D eigenvalue weighted by Gasteiger charge is 2.33. The minimum atomic E-state index is -4.63. The van der Waals surface area contributed by atoms with Crippen molar-refractivity contribution >= 4 is 11.3 Å². The quantitative estimate of drug-likeness (QED) is 0.579. The predicted octanol–water partition coefficient (Wildman–Crippen LogP) is 2.62. The van der Waals surface area contributed by atoms with E-state index in [1.165, 1.54) is 24.3 Å². The fraction of sp³-hybridized carbons (Fsp3) is 0.0769. The number of aromatic amines is 1. The van der Waals surface area contributed by atoms with Crippen LogP contribution >= 0.6 is 0 Å². The Morgan fingerprint density at radius 3 is 2.39 bits per heavy atom. The Morgan fingerprint density at radius 1 is 1.17 bits per heavy atom. The molecule has 7 nitrogen and oxygen atoms in total. The molecular formula is C13H7F3N4O3. The van der Waals surface area contributed by atoms with Gasteiger partial charge in [0.1, 0.15) is 5.69 Å². The Morgan fingerprint density at radius 2 is 1.83 bits per heavy atom. The predicted molar refractivity (Wildman–Crippen MR) is 72.9 cm³/mol. The molecule has 0 aliphatic rings. The number of hydrogen-bond acceptors (Lipinski definition) is 4. The Kier molecular flexibility index (Phi) is 3.17. The molecular weight excluding hydrogens is 317 g/mol. The number of alkyl halides is 3. The van der Waals surface area contributed by atoms with Crippen molar-refractivity contribution in [1.29, 1.82) is 0 Å². The van der Waals surface area contributed by atoms with Crippen LogP contribution in [0.1, 0.15) is 5.69 Å². The third-order valence-corrected chi connectivity index (χ3v) is 3.13. The summed E-state index contributed by atoms with van der Waals surface area (Å²) in [7, 11) is 0. The minimum Gasteiger partial charge on any atom is -0.285 e. The number of non-ortho nitro benzene ring substituents is 1. The second kappa shape index (κ2) is 4.93. The number of fused-ring (bicyclic) bond motifs is 1. The molecule has 0 atom stereocenters. The van der Waals surface area contributed by atoms with E-state index >= 15 is 0 Å². The topological polar surface area (TPSA) is 93.3 Å². The van der Waals surface area contributed by atoms with Gasteiger partial charge in [-0.2, -0.15) is 13.2 Å². The molecule has 2 heterocycles. The molecule has 0 amide bonds. The van der Waals surface area contributed by atoms with E-state index in [4.69, 9.17) is 0 Å². The molecule has 0 fully saturated rings. The van der Waals surface area contributed by atoms with E-state index in [0.717, 1.165) is 12.1 Å². The summed E-state index contributed by atoms with van der Waals surface area (Å²) in [6, 6.07) is 6.94. The molecule has 1 N–H and O–H groups in total. The number of H-pyrrole nitrogens is 1. The summed E-state index contributed by atoms with van der Waals surface area (Å²) in [6.07, 6.45) is -4.63. The molecule has 3 aromatic rings. The van der Waals surface area contributed by atoms with Crippen molar-refractivity contribution in [2.45, 2.75) is 6.18 Å². The first-order valence-corrected chi connectivity index (χ1v) is 6.20. The lowest BCUT2D eigenvalue weighted by atomic mass is 10.1. The maximum Gasteiger partial charge on any atom is 0.432 e. The van der Waals surface area contributed by atoms with Gasteiger partial charge in [0.15, 0.2) is 5.65 Å². The molecule has 0 bridgehead atoms. The van der Waals surface area contributed by atoms with Crippen molar-refractivity contribution < 1.29 is 18.1 Å². The van der Waals surface area contributed by atoms with Gasteiger partial charge in [0.2, 0.25) is 0 Å². The number of hydrogen-bond donors (Lipinski definition) is 1. The van der Waals surface area contributed by atoms with Gasteiger partial charge in [-0.15, -0.1) is 0 Å². The molecule has 1 aromatic carbocycles. The molecule has 0 radical (unpaired) electrons. The summed E-state index contributed by atoms with van der Waals surface area (Å²) in [5.74, 6) is 0. The van der Waals surface area contributed by atoms with Gasteiger partial charge in [0.25, 0.3) is 11.2 Å². The van der Waals surface area contributed by atoms with Crippen molar-refractivity contribution in [2.75, 3.05) is 0 Å².